The lowest BCUT2D eigenvalue weighted by Gasteiger charge is -1.91. The van der Waals surface area contributed by atoms with Crippen molar-refractivity contribution in [3.8, 4) is 11.3 Å². The average molecular weight is 310 g/mol. The van der Waals surface area contributed by atoms with Crippen molar-refractivity contribution in [3.63, 3.8) is 0 Å². The van der Waals surface area contributed by atoms with Crippen molar-refractivity contribution in [1.82, 2.24) is 4.98 Å². The van der Waals surface area contributed by atoms with Crippen LogP contribution in [0.1, 0.15) is 11.3 Å². The Hall–Kier alpha value is -1.93. The molecule has 0 radical (unpaired) electrons. The van der Waals surface area contributed by atoms with E-state index in [1.807, 2.05) is 48.5 Å². The number of fused-ring (bicyclic) bond motifs is 1. The van der Waals surface area contributed by atoms with Gasteiger partial charge in [0, 0.05) is 5.56 Å². The summed E-state index contributed by atoms with van der Waals surface area (Å²) in [6.45, 7) is 0. The van der Waals surface area contributed by atoms with Gasteiger partial charge in [-0.3, -0.25) is 0 Å². The van der Waals surface area contributed by atoms with Crippen LogP contribution in [0.25, 0.3) is 23.4 Å². The first-order valence-electron chi connectivity index (χ1n) is 6.12. The zero-order valence-corrected chi connectivity index (χ0v) is 11.8. The molecule has 0 saturated heterocycles. The van der Waals surface area contributed by atoms with E-state index >= 15 is 0 Å². The third kappa shape index (κ3) is 2.59. The molecule has 0 bridgehead atoms. The van der Waals surface area contributed by atoms with Crippen LogP contribution in [0.5, 0.6) is 0 Å². The summed E-state index contributed by atoms with van der Waals surface area (Å²) >= 11 is 3.63. The lowest BCUT2D eigenvalue weighted by atomic mass is 10.2. The minimum atomic E-state index is 0.963. The monoisotopic (exact) mass is 309 g/mol. The third-order valence-corrected chi connectivity index (χ3v) is 3.78. The van der Waals surface area contributed by atoms with Gasteiger partial charge in [-0.2, -0.15) is 0 Å². The van der Waals surface area contributed by atoms with E-state index < -0.39 is 0 Å². The fourth-order valence-corrected chi connectivity index (χ4v) is 2.54. The second kappa shape index (κ2) is 5.37. The van der Waals surface area contributed by atoms with Crippen LogP contribution < -0.4 is 0 Å². The summed E-state index contributed by atoms with van der Waals surface area (Å²) in [6.07, 6.45) is 4.12. The largest absolute Gasteiger partial charge is 0.247 e. The Labute approximate surface area is 121 Å². The van der Waals surface area contributed by atoms with Gasteiger partial charge in [0.1, 0.15) is 0 Å². The first-order chi connectivity index (χ1) is 9.34. The molecule has 92 valence electrons. The van der Waals surface area contributed by atoms with Gasteiger partial charge in [0.15, 0.2) is 0 Å². The Balaban J connectivity index is 2.01. The first-order valence-corrected chi connectivity index (χ1v) is 6.91. The summed E-state index contributed by atoms with van der Waals surface area (Å²) in [7, 11) is 0. The smallest absolute Gasteiger partial charge is 0.0786 e. The van der Waals surface area contributed by atoms with Crippen molar-refractivity contribution < 1.29 is 0 Å². The van der Waals surface area contributed by atoms with Crippen LogP contribution in [0.4, 0.5) is 0 Å². The third-order valence-electron chi connectivity index (χ3n) is 2.95. The van der Waals surface area contributed by atoms with Crippen LogP contribution in [0.15, 0.2) is 65.1 Å². The summed E-state index contributed by atoms with van der Waals surface area (Å²) in [6, 6.07) is 20.4. The highest BCUT2D eigenvalue weighted by Crippen LogP contribution is 2.33. The topological polar surface area (TPSA) is 12.9 Å². The number of aromatic nitrogens is 1. The fraction of sp³-hybridized carbons (Fsp3) is 0. The minimum Gasteiger partial charge on any atom is -0.247 e. The van der Waals surface area contributed by atoms with Gasteiger partial charge < -0.3 is 0 Å². The van der Waals surface area contributed by atoms with Gasteiger partial charge in [0.2, 0.25) is 0 Å². The van der Waals surface area contributed by atoms with Crippen LogP contribution in [0.3, 0.4) is 0 Å². The zero-order chi connectivity index (χ0) is 13.1. The number of hydrogen-bond acceptors (Lipinski definition) is 1. The molecule has 0 amide bonds. The first kappa shape index (κ1) is 12.1. The molecule has 1 aliphatic carbocycles. The Morgan fingerprint density at radius 2 is 1.47 bits per heavy atom. The molecule has 0 saturated carbocycles. The average Bonchev–Trinajstić information content (AvgIpc) is 2.63. The summed E-state index contributed by atoms with van der Waals surface area (Å²) in [5, 5.41) is 0. The van der Waals surface area contributed by atoms with E-state index in [-0.39, 0.29) is 0 Å². The van der Waals surface area contributed by atoms with Crippen molar-refractivity contribution in [1.29, 1.82) is 0 Å². The Kier molecular flexibility index (Phi) is 3.43. The van der Waals surface area contributed by atoms with Crippen LogP contribution in [0, 0.1) is 0 Å². The van der Waals surface area contributed by atoms with Gasteiger partial charge in [0.25, 0.3) is 0 Å². The van der Waals surface area contributed by atoms with E-state index in [1.165, 1.54) is 5.56 Å². The maximum atomic E-state index is 4.63. The van der Waals surface area contributed by atoms with Crippen molar-refractivity contribution in [3.05, 3.63) is 76.4 Å². The zero-order valence-electron chi connectivity index (χ0n) is 10.3. The molecular weight excluding hydrogens is 298 g/mol. The molecule has 1 aromatic carbocycles. The quantitative estimate of drug-likeness (QED) is 0.640. The van der Waals surface area contributed by atoms with Gasteiger partial charge in [-0.15, -0.1) is 0 Å². The molecule has 3 rings (SSSR count). The number of benzene rings is 1. The van der Waals surface area contributed by atoms with Gasteiger partial charge in [-0.05, 0) is 33.6 Å². The number of hydrogen-bond donors (Lipinski definition) is 0. The highest BCUT2D eigenvalue weighted by Gasteiger charge is 2.12. The van der Waals surface area contributed by atoms with Gasteiger partial charge >= 0.3 is 0 Å². The van der Waals surface area contributed by atoms with Gasteiger partial charge in [-0.25, -0.2) is 4.98 Å². The Morgan fingerprint density at radius 1 is 0.789 bits per heavy atom. The summed E-state index contributed by atoms with van der Waals surface area (Å²) in [5.41, 5.74) is 4.28. The molecule has 0 aromatic heterocycles. The number of halogens is 1. The molecule has 19 heavy (non-hydrogen) atoms. The molecule has 2 heteroatoms. The SMILES string of the molecule is Brc1c2cccccc-2nc1/C=C/c1ccccc1. The highest BCUT2D eigenvalue weighted by atomic mass is 79.9. The van der Waals surface area contributed by atoms with E-state index in [9.17, 15) is 0 Å². The predicted molar refractivity (Wildman–Crippen MR) is 83.9 cm³/mol. The lowest BCUT2D eigenvalue weighted by Crippen LogP contribution is -1.72. The van der Waals surface area contributed by atoms with E-state index in [0.717, 1.165) is 21.4 Å². The van der Waals surface area contributed by atoms with Gasteiger partial charge in [0.05, 0.1) is 15.9 Å². The van der Waals surface area contributed by atoms with E-state index in [0.29, 0.717) is 0 Å². The van der Waals surface area contributed by atoms with Crippen molar-refractivity contribution in [2.75, 3.05) is 0 Å². The van der Waals surface area contributed by atoms with Crippen LogP contribution in [-0.4, -0.2) is 4.98 Å². The molecule has 1 aromatic rings. The molecule has 0 fully saturated rings. The maximum Gasteiger partial charge on any atom is 0.0786 e. The van der Waals surface area contributed by atoms with Crippen molar-refractivity contribution >= 4 is 28.1 Å². The second-order valence-electron chi connectivity index (χ2n) is 4.26. The second-order valence-corrected chi connectivity index (χ2v) is 5.06. The molecule has 1 heterocycles. The van der Waals surface area contributed by atoms with Crippen LogP contribution in [-0.2, 0) is 0 Å². The molecule has 0 atom stereocenters. The summed E-state index contributed by atoms with van der Waals surface area (Å²) in [4.78, 5) is 4.63. The number of nitrogens with zero attached hydrogens (tertiary/aromatic N) is 1. The minimum absolute atomic E-state index is 0.963. The highest BCUT2D eigenvalue weighted by molar-refractivity contribution is 9.10. The number of rotatable bonds is 2. The van der Waals surface area contributed by atoms with Gasteiger partial charge in [-0.1, -0.05) is 60.7 Å². The van der Waals surface area contributed by atoms with Crippen molar-refractivity contribution in [2.24, 2.45) is 0 Å². The molecule has 0 N–H and O–H groups in total. The summed E-state index contributed by atoms with van der Waals surface area (Å²) in [5.74, 6) is 0. The fourth-order valence-electron chi connectivity index (χ4n) is 1.99. The molecular formula is C17H12BrN. The molecule has 1 aliphatic heterocycles. The Bertz CT molecular complexity index is 689. The summed E-state index contributed by atoms with van der Waals surface area (Å²) < 4.78 is 1.05. The standard InChI is InChI=1S/C17H12BrN/c18-17-14-9-5-2-6-10-15(14)19-16(17)12-11-13-7-3-1-4-8-13/h1-12H/b12-11+. The van der Waals surface area contributed by atoms with Crippen LogP contribution in [0.2, 0.25) is 0 Å². The normalized spacial score (nSPS) is 11.2. The lowest BCUT2D eigenvalue weighted by molar-refractivity contribution is 1.38. The van der Waals surface area contributed by atoms with E-state index in [4.69, 9.17) is 0 Å². The predicted octanol–water partition coefficient (Wildman–Crippen LogP) is 5.12. The molecule has 0 spiro atoms. The van der Waals surface area contributed by atoms with Crippen molar-refractivity contribution in [2.45, 2.75) is 0 Å². The maximum absolute atomic E-state index is 4.63. The van der Waals surface area contributed by atoms with E-state index in [2.05, 4.69) is 45.2 Å². The Morgan fingerprint density at radius 3 is 2.26 bits per heavy atom. The molecule has 0 unspecified atom stereocenters. The molecule has 1 nitrogen and oxygen atoms in total. The molecule has 2 aliphatic rings. The van der Waals surface area contributed by atoms with Crippen LogP contribution >= 0.6 is 15.9 Å². The van der Waals surface area contributed by atoms with E-state index in [1.54, 1.807) is 0 Å².